The lowest BCUT2D eigenvalue weighted by Gasteiger charge is -2.22. The number of hydrogen-bond donors (Lipinski definition) is 2. The predicted molar refractivity (Wildman–Crippen MR) is 67.8 cm³/mol. The van der Waals surface area contributed by atoms with Crippen LogP contribution in [-0.4, -0.2) is 48.2 Å². The van der Waals surface area contributed by atoms with Crippen molar-refractivity contribution in [1.29, 1.82) is 0 Å². The Labute approximate surface area is 112 Å². The molecule has 0 unspecified atom stereocenters. The number of nitrogens with zero attached hydrogens (tertiary/aromatic N) is 2. The van der Waals surface area contributed by atoms with E-state index < -0.39 is 18.9 Å². The molecular weight excluding hydrogens is 280 g/mol. The van der Waals surface area contributed by atoms with Gasteiger partial charge in [-0.2, -0.15) is 4.37 Å². The highest BCUT2D eigenvalue weighted by atomic mass is 32.1. The lowest BCUT2D eigenvalue weighted by atomic mass is 10.3. The summed E-state index contributed by atoms with van der Waals surface area (Å²) in [5, 5.41) is 9.09. The molecule has 0 saturated carbocycles. The van der Waals surface area contributed by atoms with E-state index in [9.17, 15) is 13.6 Å². The lowest BCUT2D eigenvalue weighted by molar-refractivity contribution is 0.0528. The first-order valence-corrected chi connectivity index (χ1v) is 6.34. The molecule has 19 heavy (non-hydrogen) atoms. The van der Waals surface area contributed by atoms with E-state index >= 15 is 0 Å². The molecular formula is C10H15F2N3O3S. The molecule has 0 radical (unpaired) electrons. The van der Waals surface area contributed by atoms with Gasteiger partial charge in [0, 0.05) is 6.54 Å². The number of anilines is 2. The third-order valence-corrected chi connectivity index (χ3v) is 3.12. The zero-order valence-electron chi connectivity index (χ0n) is 10.3. The fraction of sp³-hybridized carbons (Fsp3) is 0.600. The van der Waals surface area contributed by atoms with Crippen LogP contribution in [0.4, 0.5) is 19.6 Å². The highest BCUT2D eigenvalue weighted by molar-refractivity contribution is 7.11. The number of nitrogens with two attached hydrogens (primary N) is 1. The Bertz CT molecular complexity index is 428. The summed E-state index contributed by atoms with van der Waals surface area (Å²) in [6, 6.07) is 0. The summed E-state index contributed by atoms with van der Waals surface area (Å²) >= 11 is 0.826. The smallest absolute Gasteiger partial charge is 0.345 e. The first-order chi connectivity index (χ1) is 9.01. The van der Waals surface area contributed by atoms with E-state index in [0.717, 1.165) is 11.5 Å². The topological polar surface area (TPSA) is 88.7 Å². The molecule has 0 atom stereocenters. The molecule has 1 aromatic heterocycles. The molecule has 1 heterocycles. The van der Waals surface area contributed by atoms with Gasteiger partial charge in [-0.25, -0.2) is 13.6 Å². The summed E-state index contributed by atoms with van der Waals surface area (Å²) in [6.07, 6.45) is -2.61. The maximum Gasteiger partial charge on any atom is 0.345 e. The van der Waals surface area contributed by atoms with Gasteiger partial charge in [-0.05, 0) is 18.5 Å². The molecule has 1 rings (SSSR count). The number of esters is 1. The second kappa shape index (κ2) is 7.19. The van der Waals surface area contributed by atoms with E-state index in [-0.39, 0.29) is 36.1 Å². The maximum atomic E-state index is 12.5. The normalized spacial score (nSPS) is 10.8. The fourth-order valence-electron chi connectivity index (χ4n) is 1.47. The number of carbonyl (C=O) groups is 1. The monoisotopic (exact) mass is 295 g/mol. The van der Waals surface area contributed by atoms with Crippen LogP contribution >= 0.6 is 11.5 Å². The van der Waals surface area contributed by atoms with Crippen molar-refractivity contribution in [3.05, 3.63) is 5.56 Å². The minimum atomic E-state index is -2.61. The predicted octanol–water partition coefficient (Wildman–Crippen LogP) is 0.966. The number of aromatic nitrogens is 1. The van der Waals surface area contributed by atoms with Crippen LogP contribution in [0.5, 0.6) is 0 Å². The molecule has 6 nitrogen and oxygen atoms in total. The van der Waals surface area contributed by atoms with Gasteiger partial charge in [-0.15, -0.1) is 0 Å². The molecule has 3 N–H and O–H groups in total. The molecule has 0 aliphatic rings. The second-order valence-corrected chi connectivity index (χ2v) is 4.28. The van der Waals surface area contributed by atoms with Gasteiger partial charge >= 0.3 is 5.97 Å². The van der Waals surface area contributed by atoms with Crippen LogP contribution in [0.15, 0.2) is 0 Å². The van der Waals surface area contributed by atoms with Crippen LogP contribution < -0.4 is 10.6 Å². The molecule has 0 aromatic carbocycles. The average Bonchev–Trinajstić information content (AvgIpc) is 2.70. The van der Waals surface area contributed by atoms with E-state index in [1.807, 2.05) is 0 Å². The van der Waals surface area contributed by atoms with E-state index in [1.165, 1.54) is 4.90 Å². The second-order valence-electron chi connectivity index (χ2n) is 3.53. The van der Waals surface area contributed by atoms with Crippen molar-refractivity contribution in [2.45, 2.75) is 13.3 Å². The quantitative estimate of drug-likeness (QED) is 0.729. The largest absolute Gasteiger partial charge is 0.462 e. The molecule has 0 amide bonds. The summed E-state index contributed by atoms with van der Waals surface area (Å²) < 4.78 is 33.6. The molecule has 0 spiro atoms. The van der Waals surface area contributed by atoms with E-state index in [2.05, 4.69) is 4.37 Å². The van der Waals surface area contributed by atoms with Gasteiger partial charge in [-0.3, -0.25) is 0 Å². The van der Waals surface area contributed by atoms with Gasteiger partial charge in [0.15, 0.2) is 5.82 Å². The van der Waals surface area contributed by atoms with E-state index in [4.69, 9.17) is 15.6 Å². The number of rotatable bonds is 7. The highest BCUT2D eigenvalue weighted by Gasteiger charge is 2.25. The Kier molecular flexibility index (Phi) is 5.90. The van der Waals surface area contributed by atoms with Crippen LogP contribution in [0.2, 0.25) is 0 Å². The van der Waals surface area contributed by atoms with Crippen LogP contribution in [0.1, 0.15) is 17.3 Å². The highest BCUT2D eigenvalue weighted by Crippen LogP contribution is 2.31. The molecule has 9 heteroatoms. The Morgan fingerprint density at radius 1 is 1.63 bits per heavy atom. The van der Waals surface area contributed by atoms with Gasteiger partial charge in [0.2, 0.25) is 0 Å². The fourth-order valence-corrected chi connectivity index (χ4v) is 2.30. The van der Waals surface area contributed by atoms with Gasteiger partial charge < -0.3 is 20.5 Å². The van der Waals surface area contributed by atoms with Crippen LogP contribution in [0.25, 0.3) is 0 Å². The number of ether oxygens (including phenoxy) is 1. The summed E-state index contributed by atoms with van der Waals surface area (Å²) in [5.74, 6) is -0.767. The minimum absolute atomic E-state index is 0.0269. The van der Waals surface area contributed by atoms with Gasteiger partial charge in [0.05, 0.1) is 19.8 Å². The van der Waals surface area contributed by atoms with Crippen LogP contribution in [-0.2, 0) is 4.74 Å². The summed E-state index contributed by atoms with van der Waals surface area (Å²) in [7, 11) is 0. The van der Waals surface area contributed by atoms with Crippen LogP contribution in [0, 0.1) is 0 Å². The number of nitrogen functional groups attached to an aromatic ring is 1. The summed E-state index contributed by atoms with van der Waals surface area (Å²) in [4.78, 5) is 12.9. The summed E-state index contributed by atoms with van der Waals surface area (Å²) in [6.45, 7) is 0.778. The van der Waals surface area contributed by atoms with Gasteiger partial charge in [0.1, 0.15) is 10.6 Å². The van der Waals surface area contributed by atoms with Crippen molar-refractivity contribution < 1.29 is 23.4 Å². The van der Waals surface area contributed by atoms with E-state index in [1.54, 1.807) is 6.92 Å². The Balaban J connectivity index is 3.05. The van der Waals surface area contributed by atoms with Gasteiger partial charge in [0.25, 0.3) is 6.43 Å². The first kappa shape index (κ1) is 15.6. The standard InChI is InChI=1S/C10H15F2N3O3S/c1-2-18-10(17)7-8(13)14-19-9(7)15(3-4-16)5-6(11)12/h6,16H,2-5H2,1H3,(H2,13,14). The zero-order chi connectivity index (χ0) is 14.4. The molecule has 0 aliphatic heterocycles. The number of aliphatic hydroxyl groups excluding tert-OH is 1. The Hall–Kier alpha value is -1.48. The first-order valence-electron chi connectivity index (χ1n) is 5.57. The number of halogens is 2. The number of carbonyl (C=O) groups excluding carboxylic acids is 1. The van der Waals surface area contributed by atoms with Crippen molar-refractivity contribution >= 4 is 28.3 Å². The Morgan fingerprint density at radius 3 is 2.84 bits per heavy atom. The third kappa shape index (κ3) is 4.00. The maximum absolute atomic E-state index is 12.5. The molecule has 0 bridgehead atoms. The zero-order valence-corrected chi connectivity index (χ0v) is 11.1. The number of hydrogen-bond acceptors (Lipinski definition) is 7. The van der Waals surface area contributed by atoms with Crippen molar-refractivity contribution in [2.24, 2.45) is 0 Å². The molecule has 0 fully saturated rings. The number of alkyl halides is 2. The lowest BCUT2D eigenvalue weighted by Crippen LogP contribution is -2.32. The molecule has 0 saturated heterocycles. The van der Waals surface area contributed by atoms with Crippen molar-refractivity contribution in [3.63, 3.8) is 0 Å². The summed E-state index contributed by atoms with van der Waals surface area (Å²) in [5.41, 5.74) is 5.53. The van der Waals surface area contributed by atoms with Gasteiger partial charge in [-0.1, -0.05) is 0 Å². The minimum Gasteiger partial charge on any atom is -0.462 e. The molecule has 108 valence electrons. The van der Waals surface area contributed by atoms with Crippen molar-refractivity contribution in [2.75, 3.05) is 36.9 Å². The van der Waals surface area contributed by atoms with Crippen LogP contribution in [0.3, 0.4) is 0 Å². The SMILES string of the molecule is CCOC(=O)c1c(N)nsc1N(CCO)CC(F)F. The Morgan fingerprint density at radius 2 is 2.32 bits per heavy atom. The number of aliphatic hydroxyl groups is 1. The van der Waals surface area contributed by atoms with Crippen molar-refractivity contribution in [3.8, 4) is 0 Å². The molecule has 1 aromatic rings. The third-order valence-electron chi connectivity index (χ3n) is 2.20. The van der Waals surface area contributed by atoms with E-state index in [0.29, 0.717) is 0 Å². The molecule has 0 aliphatic carbocycles. The average molecular weight is 295 g/mol. The van der Waals surface area contributed by atoms with Crippen molar-refractivity contribution in [1.82, 2.24) is 4.37 Å².